The highest BCUT2D eigenvalue weighted by molar-refractivity contribution is 7.90. The Bertz CT molecular complexity index is 519. The smallest absolute Gasteiger partial charge is 0.240 e. The van der Waals surface area contributed by atoms with Crippen LogP contribution in [-0.2, 0) is 9.84 Å². The average Bonchev–Trinajstić information content (AvgIpc) is 2.36. The molecule has 8 heteroatoms. The van der Waals surface area contributed by atoms with Gasteiger partial charge in [0.15, 0.2) is 0 Å². The molecule has 1 heterocycles. The summed E-state index contributed by atoms with van der Waals surface area (Å²) in [5, 5.41) is 3.07. The number of rotatable bonds is 7. The topological polar surface area (TPSA) is 90.4 Å². The van der Waals surface area contributed by atoms with E-state index in [1.807, 2.05) is 6.92 Å². The quantitative estimate of drug-likeness (QED) is 0.766. The molecular formula is C11H19N3O4S. The lowest BCUT2D eigenvalue weighted by atomic mass is 10.2. The normalized spacial score (nSPS) is 13.1. The number of ether oxygens (including phenoxy) is 2. The van der Waals surface area contributed by atoms with E-state index in [2.05, 4.69) is 15.3 Å². The van der Waals surface area contributed by atoms with E-state index in [4.69, 9.17) is 9.47 Å². The molecule has 0 aliphatic heterocycles. The minimum atomic E-state index is -3.15. The third-order valence-corrected chi connectivity index (χ3v) is 3.34. The summed E-state index contributed by atoms with van der Waals surface area (Å²) in [5.41, 5.74) is 0.454. The predicted molar refractivity (Wildman–Crippen MR) is 71.3 cm³/mol. The summed E-state index contributed by atoms with van der Waals surface area (Å²) < 4.78 is 33.0. The van der Waals surface area contributed by atoms with Gasteiger partial charge >= 0.3 is 0 Å². The predicted octanol–water partition coefficient (Wildman–Crippen LogP) is 0.189. The van der Waals surface area contributed by atoms with E-state index in [1.165, 1.54) is 26.7 Å². The van der Waals surface area contributed by atoms with Crippen LogP contribution in [-0.4, -0.2) is 51.2 Å². The second kappa shape index (κ2) is 6.67. The zero-order valence-electron chi connectivity index (χ0n) is 11.5. The Hall–Kier alpha value is -1.41. The largest absolute Gasteiger partial charge is 0.480 e. The van der Waals surface area contributed by atoms with Gasteiger partial charge in [0.25, 0.3) is 0 Å². The van der Waals surface area contributed by atoms with Crippen molar-refractivity contribution >= 4 is 9.84 Å². The van der Waals surface area contributed by atoms with Gasteiger partial charge in [-0.15, -0.1) is 0 Å². The monoisotopic (exact) mass is 289 g/mol. The van der Waals surface area contributed by atoms with Gasteiger partial charge in [0.2, 0.25) is 11.8 Å². The molecular weight excluding hydrogens is 270 g/mol. The highest BCUT2D eigenvalue weighted by Gasteiger charge is 2.23. The van der Waals surface area contributed by atoms with Gasteiger partial charge in [-0.05, 0) is 6.54 Å². The molecule has 1 aromatic rings. The fraction of sp³-hybridized carbons (Fsp3) is 0.636. The zero-order chi connectivity index (χ0) is 14.5. The van der Waals surface area contributed by atoms with E-state index in [1.54, 1.807) is 0 Å². The molecule has 0 radical (unpaired) electrons. The number of hydrogen-bond donors (Lipinski definition) is 1. The van der Waals surface area contributed by atoms with Crippen molar-refractivity contribution in [3.8, 4) is 11.8 Å². The summed E-state index contributed by atoms with van der Waals surface area (Å²) >= 11 is 0. The Kier molecular flexibility index (Phi) is 5.49. The van der Waals surface area contributed by atoms with Crippen molar-refractivity contribution in [3.05, 3.63) is 11.9 Å². The highest BCUT2D eigenvalue weighted by Crippen LogP contribution is 2.24. The Labute approximate surface area is 113 Å². The number of sulfone groups is 1. The van der Waals surface area contributed by atoms with Crippen LogP contribution >= 0.6 is 0 Å². The number of aromatic nitrogens is 2. The molecule has 0 saturated carbocycles. The maximum Gasteiger partial charge on any atom is 0.240 e. The van der Waals surface area contributed by atoms with Gasteiger partial charge in [-0.25, -0.2) is 13.4 Å². The van der Waals surface area contributed by atoms with Gasteiger partial charge in [-0.1, -0.05) is 6.92 Å². The number of nitrogens with zero attached hydrogens (tertiary/aromatic N) is 2. The van der Waals surface area contributed by atoms with Crippen LogP contribution in [0.25, 0.3) is 0 Å². The van der Waals surface area contributed by atoms with Gasteiger partial charge in [-0.3, -0.25) is 0 Å². The molecule has 108 valence electrons. The molecule has 0 bridgehead atoms. The maximum atomic E-state index is 11.5. The van der Waals surface area contributed by atoms with E-state index in [-0.39, 0.29) is 11.6 Å². The van der Waals surface area contributed by atoms with Crippen LogP contribution in [0.1, 0.15) is 18.7 Å². The lowest BCUT2D eigenvalue weighted by Crippen LogP contribution is -2.29. The molecule has 0 spiro atoms. The van der Waals surface area contributed by atoms with Gasteiger partial charge < -0.3 is 14.8 Å². The second-order valence-corrected chi connectivity index (χ2v) is 6.19. The molecule has 0 fully saturated rings. The third kappa shape index (κ3) is 4.64. The van der Waals surface area contributed by atoms with E-state index >= 15 is 0 Å². The number of methoxy groups -OCH3 is 2. The molecule has 19 heavy (non-hydrogen) atoms. The van der Waals surface area contributed by atoms with Crippen LogP contribution in [0, 0.1) is 0 Å². The van der Waals surface area contributed by atoms with Crippen molar-refractivity contribution in [3.63, 3.8) is 0 Å². The fourth-order valence-electron chi connectivity index (χ4n) is 1.64. The molecule has 1 unspecified atom stereocenters. The molecule has 0 aliphatic carbocycles. The van der Waals surface area contributed by atoms with E-state index in [0.29, 0.717) is 18.1 Å². The second-order valence-electron chi connectivity index (χ2n) is 4.01. The van der Waals surface area contributed by atoms with Crippen molar-refractivity contribution in [1.82, 2.24) is 15.3 Å². The Balaban J connectivity index is 3.14. The molecule has 0 saturated heterocycles. The van der Waals surface area contributed by atoms with Crippen LogP contribution < -0.4 is 14.8 Å². The third-order valence-electron chi connectivity index (χ3n) is 2.40. The zero-order valence-corrected chi connectivity index (χ0v) is 12.3. The van der Waals surface area contributed by atoms with Crippen molar-refractivity contribution in [2.75, 3.05) is 32.8 Å². The van der Waals surface area contributed by atoms with Gasteiger partial charge in [0, 0.05) is 6.26 Å². The Morgan fingerprint density at radius 3 is 2.53 bits per heavy atom. The average molecular weight is 289 g/mol. The van der Waals surface area contributed by atoms with E-state index < -0.39 is 15.9 Å². The number of hydrogen-bond acceptors (Lipinski definition) is 7. The molecule has 1 N–H and O–H groups in total. The first kappa shape index (κ1) is 15.6. The van der Waals surface area contributed by atoms with E-state index in [9.17, 15) is 8.42 Å². The van der Waals surface area contributed by atoms with Crippen LogP contribution in [0.2, 0.25) is 0 Å². The van der Waals surface area contributed by atoms with Crippen LogP contribution in [0.3, 0.4) is 0 Å². The Morgan fingerprint density at radius 1 is 1.37 bits per heavy atom. The van der Waals surface area contributed by atoms with Crippen molar-refractivity contribution < 1.29 is 17.9 Å². The van der Waals surface area contributed by atoms with Crippen LogP contribution in [0.4, 0.5) is 0 Å². The van der Waals surface area contributed by atoms with Crippen molar-refractivity contribution in [2.24, 2.45) is 0 Å². The minimum absolute atomic E-state index is 0.0712. The van der Waals surface area contributed by atoms with E-state index in [0.717, 1.165) is 0 Å². The molecule has 7 nitrogen and oxygen atoms in total. The van der Waals surface area contributed by atoms with Crippen LogP contribution in [0.15, 0.2) is 6.20 Å². The first-order valence-corrected chi connectivity index (χ1v) is 7.83. The number of nitrogens with one attached hydrogen (secondary N) is 1. The SMILES string of the molecule is CCNC(CS(C)(=O)=O)c1ncc(OC)nc1OC. The summed E-state index contributed by atoms with van der Waals surface area (Å²) in [6.07, 6.45) is 2.62. The van der Waals surface area contributed by atoms with Gasteiger partial charge in [0.05, 0.1) is 32.2 Å². The lowest BCUT2D eigenvalue weighted by Gasteiger charge is -2.18. The summed E-state index contributed by atoms with van der Waals surface area (Å²) in [5.74, 6) is 0.502. The summed E-state index contributed by atoms with van der Waals surface area (Å²) in [4.78, 5) is 8.29. The van der Waals surface area contributed by atoms with Gasteiger partial charge in [-0.2, -0.15) is 4.98 Å². The summed E-state index contributed by atoms with van der Waals surface area (Å²) in [6, 6.07) is -0.464. The Morgan fingerprint density at radius 2 is 2.05 bits per heavy atom. The molecule has 0 aromatic carbocycles. The molecule has 1 aromatic heterocycles. The highest BCUT2D eigenvalue weighted by atomic mass is 32.2. The first-order valence-electron chi connectivity index (χ1n) is 5.77. The molecule has 1 atom stereocenters. The van der Waals surface area contributed by atoms with Crippen molar-refractivity contribution in [2.45, 2.75) is 13.0 Å². The lowest BCUT2D eigenvalue weighted by molar-refractivity contribution is 0.351. The van der Waals surface area contributed by atoms with Crippen molar-refractivity contribution in [1.29, 1.82) is 0 Å². The molecule has 0 aliphatic rings. The van der Waals surface area contributed by atoms with Crippen LogP contribution in [0.5, 0.6) is 11.8 Å². The first-order chi connectivity index (χ1) is 8.91. The maximum absolute atomic E-state index is 11.5. The van der Waals surface area contributed by atoms with Gasteiger partial charge in [0.1, 0.15) is 15.5 Å². The molecule has 0 amide bonds. The fourth-order valence-corrected chi connectivity index (χ4v) is 2.52. The minimum Gasteiger partial charge on any atom is -0.480 e. The molecule has 1 rings (SSSR count). The summed E-state index contributed by atoms with van der Waals surface area (Å²) in [6.45, 7) is 2.50. The summed E-state index contributed by atoms with van der Waals surface area (Å²) in [7, 11) is -0.223. The standard InChI is InChI=1S/C11H19N3O4S/c1-5-12-8(7-19(4,15)16)10-11(18-3)14-9(17-2)6-13-10/h6,8,12H,5,7H2,1-4H3.